The van der Waals surface area contributed by atoms with E-state index in [4.69, 9.17) is 18.9 Å². The first kappa shape index (κ1) is 22.9. The summed E-state index contributed by atoms with van der Waals surface area (Å²) in [6.07, 6.45) is -5.39. The molecular formula is C17H20N4O11. The molecular weight excluding hydrogens is 436 g/mol. The van der Waals surface area contributed by atoms with Gasteiger partial charge in [-0.15, -0.1) is 0 Å². The van der Waals surface area contributed by atoms with Gasteiger partial charge in [-0.3, -0.25) is 28.4 Å². The molecule has 1 saturated heterocycles. The van der Waals surface area contributed by atoms with Crippen LogP contribution in [0.15, 0.2) is 14.2 Å². The quantitative estimate of drug-likeness (QED) is 0.268. The normalized spacial score (nSPS) is 22.6. The second kappa shape index (κ2) is 8.78. The van der Waals surface area contributed by atoms with Crippen LogP contribution in [0.3, 0.4) is 0 Å². The third-order valence-electron chi connectivity index (χ3n) is 4.62. The first-order valence-corrected chi connectivity index (χ1v) is 9.44. The fourth-order valence-electron chi connectivity index (χ4n) is 3.42. The summed E-state index contributed by atoms with van der Waals surface area (Å²) in [7, 11) is 0. The van der Waals surface area contributed by atoms with Gasteiger partial charge < -0.3 is 24.2 Å². The Morgan fingerprint density at radius 2 is 1.72 bits per heavy atom. The predicted molar refractivity (Wildman–Crippen MR) is 98.8 cm³/mol. The molecule has 2 aromatic rings. The number of fused-ring (bicyclic) bond motifs is 1. The molecule has 0 N–H and O–H groups in total. The van der Waals surface area contributed by atoms with Gasteiger partial charge in [0.2, 0.25) is 0 Å². The summed E-state index contributed by atoms with van der Waals surface area (Å²) in [4.78, 5) is 60.1. The highest BCUT2D eigenvalue weighted by Crippen LogP contribution is 2.34. The minimum absolute atomic E-state index is 0.117. The van der Waals surface area contributed by atoms with E-state index in [2.05, 4.69) is 9.79 Å². The van der Waals surface area contributed by atoms with Crippen molar-refractivity contribution in [1.29, 1.82) is 0 Å². The smallest absolute Gasteiger partial charge is 0.336 e. The number of hydrogen-bond donors (Lipinski definition) is 0. The molecule has 0 saturated carbocycles. The standard InChI is InChI=1S/C17H20N4O11/c1-5-19-15(25)11-14(18-32-21(11)27)20(17(19)26)16-13(30-9(4)24)12(29-8(3)23)10(31-16)6-28-7(2)22/h10,12-13,16H,5-6H2,1-4H3/t10-,12-,13-,16-/m1/s1. The maximum atomic E-state index is 13.1. The molecule has 32 heavy (non-hydrogen) atoms. The first-order valence-electron chi connectivity index (χ1n) is 9.44. The maximum Gasteiger partial charge on any atom is 0.336 e. The van der Waals surface area contributed by atoms with Gasteiger partial charge in [0.05, 0.1) is 5.16 Å². The van der Waals surface area contributed by atoms with Gasteiger partial charge in [0.15, 0.2) is 18.4 Å². The Kier molecular flexibility index (Phi) is 6.29. The van der Waals surface area contributed by atoms with Gasteiger partial charge in [0.25, 0.3) is 0 Å². The molecule has 0 radical (unpaired) electrons. The summed E-state index contributed by atoms with van der Waals surface area (Å²) in [5.74, 6) is -2.23. The molecule has 174 valence electrons. The van der Waals surface area contributed by atoms with Crippen LogP contribution < -0.4 is 16.2 Å². The molecule has 0 bridgehead atoms. The third-order valence-corrected chi connectivity index (χ3v) is 4.62. The SMILES string of the molecule is CCn1c(=O)c2c(no[n+]2[O-])n([C@@H]2O[C@H](COC(C)=O)[C@@H](OC(C)=O)[C@H]2OC(C)=O)c1=O. The fourth-order valence-corrected chi connectivity index (χ4v) is 3.42. The van der Waals surface area contributed by atoms with Crippen LogP contribution >= 0.6 is 0 Å². The van der Waals surface area contributed by atoms with E-state index in [-0.39, 0.29) is 11.4 Å². The van der Waals surface area contributed by atoms with Gasteiger partial charge in [0.1, 0.15) is 12.7 Å². The lowest BCUT2D eigenvalue weighted by Crippen LogP contribution is -2.47. The number of aromatic nitrogens is 4. The number of carbonyl (C=O) groups excluding carboxylic acids is 3. The maximum absolute atomic E-state index is 13.1. The van der Waals surface area contributed by atoms with E-state index >= 15 is 0 Å². The van der Waals surface area contributed by atoms with Crippen LogP contribution in [0.1, 0.15) is 33.9 Å². The summed E-state index contributed by atoms with van der Waals surface area (Å²) in [6.45, 7) is 4.28. The molecule has 0 spiro atoms. The van der Waals surface area contributed by atoms with Crippen molar-refractivity contribution in [3.8, 4) is 0 Å². The lowest BCUT2D eigenvalue weighted by atomic mass is 10.1. The van der Waals surface area contributed by atoms with Crippen LogP contribution in [-0.4, -0.2) is 57.1 Å². The zero-order valence-corrected chi connectivity index (χ0v) is 17.5. The van der Waals surface area contributed by atoms with Crippen molar-refractivity contribution in [2.75, 3.05) is 6.61 Å². The van der Waals surface area contributed by atoms with Crippen LogP contribution in [0.5, 0.6) is 0 Å². The highest BCUT2D eigenvalue weighted by Gasteiger charge is 2.52. The van der Waals surface area contributed by atoms with E-state index in [9.17, 15) is 29.2 Å². The number of rotatable bonds is 6. The minimum atomic E-state index is -1.51. The van der Waals surface area contributed by atoms with E-state index < -0.39 is 71.5 Å². The summed E-state index contributed by atoms with van der Waals surface area (Å²) >= 11 is 0. The van der Waals surface area contributed by atoms with Crippen molar-refractivity contribution in [3.05, 3.63) is 26.0 Å². The van der Waals surface area contributed by atoms with Gasteiger partial charge in [-0.2, -0.15) is 0 Å². The molecule has 3 heterocycles. The Labute approximate surface area is 178 Å². The van der Waals surface area contributed by atoms with Crippen molar-refractivity contribution in [1.82, 2.24) is 14.3 Å². The number of nitrogens with zero attached hydrogens (tertiary/aromatic N) is 4. The molecule has 1 fully saturated rings. The highest BCUT2D eigenvalue weighted by molar-refractivity contribution is 5.68. The number of ether oxygens (including phenoxy) is 4. The van der Waals surface area contributed by atoms with E-state index in [1.165, 1.54) is 6.92 Å². The molecule has 1 aliphatic heterocycles. The highest BCUT2D eigenvalue weighted by atomic mass is 16.8. The van der Waals surface area contributed by atoms with Crippen molar-refractivity contribution in [2.45, 2.75) is 58.8 Å². The largest absolute Gasteiger partial charge is 0.463 e. The van der Waals surface area contributed by atoms with Crippen LogP contribution in [0.25, 0.3) is 11.2 Å². The van der Waals surface area contributed by atoms with Gasteiger partial charge >= 0.3 is 40.3 Å². The Morgan fingerprint density at radius 1 is 1.09 bits per heavy atom. The average Bonchev–Trinajstić information content (AvgIpc) is 3.22. The molecule has 1 aliphatic rings. The summed E-state index contributed by atoms with van der Waals surface area (Å²) in [6, 6.07) is 0. The molecule has 15 heteroatoms. The molecule has 2 aromatic heterocycles. The molecule has 15 nitrogen and oxygen atoms in total. The number of esters is 3. The predicted octanol–water partition coefficient (Wildman–Crippen LogP) is -1.87. The molecule has 3 rings (SSSR count). The molecule has 0 aliphatic carbocycles. The summed E-state index contributed by atoms with van der Waals surface area (Å²) < 4.78 is 27.2. The van der Waals surface area contributed by atoms with E-state index in [1.54, 1.807) is 0 Å². The minimum Gasteiger partial charge on any atom is -0.463 e. The average molecular weight is 456 g/mol. The zero-order chi connectivity index (χ0) is 23.7. The van der Waals surface area contributed by atoms with E-state index in [0.717, 1.165) is 29.9 Å². The first-order chi connectivity index (χ1) is 15.1. The molecule has 4 atom stereocenters. The van der Waals surface area contributed by atoms with E-state index in [1.807, 2.05) is 0 Å². The number of carbonyl (C=O) groups is 3. The number of hydrogen-bond acceptors (Lipinski definition) is 12. The van der Waals surface area contributed by atoms with Crippen LogP contribution in [0.4, 0.5) is 0 Å². The van der Waals surface area contributed by atoms with Crippen molar-refractivity contribution in [2.24, 2.45) is 0 Å². The van der Waals surface area contributed by atoms with Gasteiger partial charge in [0, 0.05) is 27.3 Å². The van der Waals surface area contributed by atoms with Gasteiger partial charge in [-0.1, -0.05) is 0 Å². The molecule has 0 amide bonds. The topological polar surface area (TPSA) is 185 Å². The van der Waals surface area contributed by atoms with Gasteiger partial charge in [-0.25, -0.2) is 9.36 Å². The molecule has 0 aromatic carbocycles. The van der Waals surface area contributed by atoms with Gasteiger partial charge in [-0.05, 0) is 11.8 Å². The fraction of sp³-hybridized carbons (Fsp3) is 0.588. The van der Waals surface area contributed by atoms with Crippen LogP contribution in [-0.2, 0) is 39.9 Å². The van der Waals surface area contributed by atoms with Crippen LogP contribution in [0, 0.1) is 5.21 Å². The Morgan fingerprint density at radius 3 is 2.28 bits per heavy atom. The zero-order valence-electron chi connectivity index (χ0n) is 17.5. The van der Waals surface area contributed by atoms with Crippen molar-refractivity contribution in [3.63, 3.8) is 0 Å². The summed E-state index contributed by atoms with van der Waals surface area (Å²) in [5, 5.41) is 15.4. The van der Waals surface area contributed by atoms with Crippen molar-refractivity contribution < 1.29 is 42.9 Å². The second-order valence-corrected chi connectivity index (χ2v) is 6.82. The monoisotopic (exact) mass is 456 g/mol. The Bertz CT molecular complexity index is 1180. The van der Waals surface area contributed by atoms with E-state index in [0.29, 0.717) is 0 Å². The second-order valence-electron chi connectivity index (χ2n) is 6.82. The molecule has 0 unspecified atom stereocenters. The van der Waals surface area contributed by atoms with Crippen LogP contribution in [0.2, 0.25) is 0 Å². The summed E-state index contributed by atoms with van der Waals surface area (Å²) in [5.41, 5.74) is -2.97. The Balaban J connectivity index is 2.22. The Hall–Kier alpha value is -3.75. The van der Waals surface area contributed by atoms with Crippen molar-refractivity contribution >= 4 is 29.1 Å². The lowest BCUT2D eigenvalue weighted by Gasteiger charge is -2.23. The third kappa shape index (κ3) is 4.05. The lowest BCUT2D eigenvalue weighted by molar-refractivity contribution is -0.782.